The highest BCUT2D eigenvalue weighted by Crippen LogP contribution is 2.43. The molecular formula is C23H30N2O4. The SMILES string of the molecule is C1CC2CCC1C2.CCC.CCn1c(=O)c2cc3c(=O)n(C)c(=O)c3cc2c1=O. The Kier molecular flexibility index (Phi) is 6.20. The Balaban J connectivity index is 0.000000197. The molecule has 6 heteroatoms. The number of benzene rings is 1. The Labute approximate surface area is 169 Å². The van der Waals surface area contributed by atoms with Gasteiger partial charge in [0.25, 0.3) is 22.2 Å². The van der Waals surface area contributed by atoms with Gasteiger partial charge in [-0.2, -0.15) is 0 Å². The fourth-order valence-corrected chi connectivity index (χ4v) is 4.61. The van der Waals surface area contributed by atoms with Crippen LogP contribution in [0.15, 0.2) is 31.3 Å². The Morgan fingerprint density at radius 1 is 0.724 bits per heavy atom. The van der Waals surface area contributed by atoms with Gasteiger partial charge in [-0.15, -0.1) is 0 Å². The Bertz CT molecular complexity index is 1130. The molecule has 2 heterocycles. The molecular weight excluding hydrogens is 368 g/mol. The van der Waals surface area contributed by atoms with E-state index in [9.17, 15) is 19.2 Å². The van der Waals surface area contributed by atoms with E-state index in [-0.39, 0.29) is 28.1 Å². The van der Waals surface area contributed by atoms with E-state index in [2.05, 4.69) is 13.8 Å². The molecule has 0 unspecified atom stereocenters. The Hall–Kier alpha value is -2.50. The van der Waals surface area contributed by atoms with Crippen molar-refractivity contribution in [2.45, 2.75) is 65.8 Å². The summed E-state index contributed by atoms with van der Waals surface area (Å²) in [7, 11) is 1.37. The second-order valence-electron chi connectivity index (χ2n) is 8.30. The normalized spacial score (nSPS) is 19.9. The van der Waals surface area contributed by atoms with Crippen molar-refractivity contribution in [2.24, 2.45) is 18.9 Å². The van der Waals surface area contributed by atoms with Gasteiger partial charge in [0, 0.05) is 13.6 Å². The van der Waals surface area contributed by atoms with Crippen LogP contribution < -0.4 is 22.2 Å². The van der Waals surface area contributed by atoms with Crippen LogP contribution in [0, 0.1) is 11.8 Å². The molecule has 3 aromatic rings. The van der Waals surface area contributed by atoms with Crippen LogP contribution in [0.3, 0.4) is 0 Å². The molecule has 2 bridgehead atoms. The first kappa shape index (κ1) is 21.2. The first-order valence-corrected chi connectivity index (χ1v) is 10.7. The second kappa shape index (κ2) is 8.47. The third kappa shape index (κ3) is 3.72. The van der Waals surface area contributed by atoms with Crippen molar-refractivity contribution in [2.75, 3.05) is 0 Å². The molecule has 1 aromatic carbocycles. The summed E-state index contributed by atoms with van der Waals surface area (Å²) in [6, 6.07) is 2.70. The van der Waals surface area contributed by atoms with E-state index in [1.165, 1.54) is 37.4 Å². The zero-order valence-electron chi connectivity index (χ0n) is 17.8. The molecule has 29 heavy (non-hydrogen) atoms. The number of fused-ring (bicyclic) bond motifs is 4. The van der Waals surface area contributed by atoms with E-state index >= 15 is 0 Å². The van der Waals surface area contributed by atoms with E-state index in [0.29, 0.717) is 0 Å². The summed E-state index contributed by atoms with van der Waals surface area (Å²) in [4.78, 5) is 47.7. The van der Waals surface area contributed by atoms with Gasteiger partial charge in [-0.1, -0.05) is 46.0 Å². The summed E-state index contributed by atoms with van der Waals surface area (Å²) in [6.07, 6.45) is 9.07. The lowest BCUT2D eigenvalue weighted by Crippen LogP contribution is -2.24. The van der Waals surface area contributed by atoms with E-state index in [4.69, 9.17) is 0 Å². The molecule has 2 saturated carbocycles. The van der Waals surface area contributed by atoms with Gasteiger partial charge in [0.15, 0.2) is 0 Å². The van der Waals surface area contributed by atoms with Gasteiger partial charge < -0.3 is 0 Å². The topological polar surface area (TPSA) is 78.1 Å². The average Bonchev–Trinajstić information content (AvgIpc) is 3.46. The molecule has 0 saturated heterocycles. The number of rotatable bonds is 1. The van der Waals surface area contributed by atoms with E-state index in [0.717, 1.165) is 9.13 Å². The van der Waals surface area contributed by atoms with Crippen LogP contribution in [-0.4, -0.2) is 9.13 Å². The van der Waals surface area contributed by atoms with Gasteiger partial charge in [0.05, 0.1) is 21.5 Å². The summed E-state index contributed by atoms with van der Waals surface area (Å²) in [5, 5.41) is 0.764. The van der Waals surface area contributed by atoms with Crippen LogP contribution in [0.1, 0.15) is 59.3 Å². The minimum absolute atomic E-state index is 0.186. The van der Waals surface area contributed by atoms with Gasteiger partial charge in [0.2, 0.25) is 0 Å². The predicted molar refractivity (Wildman–Crippen MR) is 118 cm³/mol. The molecule has 0 amide bonds. The maximum absolute atomic E-state index is 12.0. The summed E-state index contributed by atoms with van der Waals surface area (Å²) in [6.45, 7) is 6.21. The smallest absolute Gasteiger partial charge is 0.261 e. The van der Waals surface area contributed by atoms with Crippen LogP contribution in [-0.2, 0) is 13.6 Å². The van der Waals surface area contributed by atoms with Crippen molar-refractivity contribution < 1.29 is 0 Å². The highest BCUT2D eigenvalue weighted by atomic mass is 16.2. The van der Waals surface area contributed by atoms with Crippen molar-refractivity contribution >= 4 is 21.5 Å². The van der Waals surface area contributed by atoms with Crippen LogP contribution in [0.25, 0.3) is 21.5 Å². The second-order valence-corrected chi connectivity index (χ2v) is 8.30. The number of nitrogens with zero attached hydrogens (tertiary/aromatic N) is 2. The third-order valence-corrected chi connectivity index (χ3v) is 6.13. The van der Waals surface area contributed by atoms with Crippen molar-refractivity contribution in [1.29, 1.82) is 0 Å². The van der Waals surface area contributed by atoms with Crippen molar-refractivity contribution in [1.82, 2.24) is 9.13 Å². The van der Waals surface area contributed by atoms with E-state index in [1.807, 2.05) is 0 Å². The quantitative estimate of drug-likeness (QED) is 0.631. The van der Waals surface area contributed by atoms with Crippen molar-refractivity contribution in [3.63, 3.8) is 0 Å². The Morgan fingerprint density at radius 3 is 1.34 bits per heavy atom. The molecule has 5 rings (SSSR count). The number of aromatic nitrogens is 2. The highest BCUT2D eigenvalue weighted by Gasteiger charge is 2.30. The van der Waals surface area contributed by atoms with Crippen LogP contribution in [0.5, 0.6) is 0 Å². The van der Waals surface area contributed by atoms with E-state index in [1.54, 1.807) is 39.0 Å². The van der Waals surface area contributed by atoms with Gasteiger partial charge in [-0.05, 0) is 37.3 Å². The lowest BCUT2D eigenvalue weighted by Gasteiger charge is -2.05. The lowest BCUT2D eigenvalue weighted by molar-refractivity contribution is 0.480. The largest absolute Gasteiger partial charge is 0.277 e. The molecule has 0 N–H and O–H groups in total. The molecule has 0 radical (unpaired) electrons. The zero-order chi connectivity index (χ0) is 21.3. The van der Waals surface area contributed by atoms with Crippen molar-refractivity contribution in [3.8, 4) is 0 Å². The maximum Gasteiger partial charge on any atom is 0.261 e. The average molecular weight is 399 g/mol. The van der Waals surface area contributed by atoms with Gasteiger partial charge >= 0.3 is 0 Å². The predicted octanol–water partition coefficient (Wildman–Crippen LogP) is 3.08. The maximum atomic E-state index is 12.0. The summed E-state index contributed by atoms with van der Waals surface area (Å²) < 4.78 is 2.07. The molecule has 0 aliphatic heterocycles. The molecule has 2 fully saturated rings. The minimum Gasteiger partial charge on any atom is -0.277 e. The number of hydrogen-bond donors (Lipinski definition) is 0. The molecule has 0 spiro atoms. The van der Waals surface area contributed by atoms with Gasteiger partial charge in [-0.25, -0.2) is 0 Å². The third-order valence-electron chi connectivity index (χ3n) is 6.13. The van der Waals surface area contributed by atoms with Crippen molar-refractivity contribution in [3.05, 3.63) is 53.5 Å². The minimum atomic E-state index is -0.446. The summed E-state index contributed by atoms with van der Waals surface area (Å²) in [5.41, 5.74) is -1.73. The number of hydrogen-bond acceptors (Lipinski definition) is 4. The van der Waals surface area contributed by atoms with Gasteiger partial charge in [-0.3, -0.25) is 28.3 Å². The molecule has 6 nitrogen and oxygen atoms in total. The van der Waals surface area contributed by atoms with Gasteiger partial charge in [0.1, 0.15) is 0 Å². The molecule has 2 aliphatic carbocycles. The summed E-state index contributed by atoms with van der Waals surface area (Å²) >= 11 is 0. The summed E-state index contributed by atoms with van der Waals surface area (Å²) in [5.74, 6) is 2.34. The molecule has 2 aliphatic rings. The molecule has 0 atom stereocenters. The molecule has 156 valence electrons. The molecule has 2 aromatic heterocycles. The first-order valence-electron chi connectivity index (χ1n) is 10.7. The van der Waals surface area contributed by atoms with Crippen LogP contribution >= 0.6 is 0 Å². The Morgan fingerprint density at radius 2 is 1.07 bits per heavy atom. The van der Waals surface area contributed by atoms with Crippen LogP contribution in [0.4, 0.5) is 0 Å². The fourth-order valence-electron chi connectivity index (χ4n) is 4.61. The highest BCUT2D eigenvalue weighted by molar-refractivity contribution is 5.97. The van der Waals surface area contributed by atoms with Crippen LogP contribution in [0.2, 0.25) is 0 Å². The fraction of sp³-hybridized carbons (Fsp3) is 0.565. The van der Waals surface area contributed by atoms with E-state index < -0.39 is 22.2 Å². The monoisotopic (exact) mass is 398 g/mol. The lowest BCUT2D eigenvalue weighted by atomic mass is 10.0. The first-order chi connectivity index (χ1) is 13.8. The zero-order valence-corrected chi connectivity index (χ0v) is 17.8. The standard InChI is InChI=1S/C13H10N2O4.C7H12.C3H8/c1-3-15-12(18)8-4-6-7(5-9(8)13(15)19)11(17)14(2)10(6)16;1-2-7-4-3-6(1)5-7;1-3-2/h4-5H,3H2,1-2H3;6-7H,1-5H2;3H2,1-2H3.